The van der Waals surface area contributed by atoms with E-state index in [1.807, 2.05) is 18.2 Å². The predicted molar refractivity (Wildman–Crippen MR) is 122 cm³/mol. The zero-order valence-corrected chi connectivity index (χ0v) is 18.8. The second-order valence-corrected chi connectivity index (χ2v) is 7.29. The molecule has 0 saturated heterocycles. The van der Waals surface area contributed by atoms with E-state index in [1.54, 1.807) is 25.1 Å². The van der Waals surface area contributed by atoms with Crippen molar-refractivity contribution < 1.29 is 23.9 Å². The molecule has 10 heteroatoms. The van der Waals surface area contributed by atoms with Gasteiger partial charge >= 0.3 is 11.8 Å². The Labute approximate surface area is 187 Å². The van der Waals surface area contributed by atoms with Gasteiger partial charge in [0.1, 0.15) is 11.5 Å². The number of hydrogen-bond acceptors (Lipinski definition) is 6. The second kappa shape index (κ2) is 11.1. The van der Waals surface area contributed by atoms with E-state index in [2.05, 4.69) is 43.8 Å². The monoisotopic (exact) mass is 524 g/mol. The van der Waals surface area contributed by atoms with Crippen LogP contribution in [0.4, 0.5) is 11.4 Å². The highest BCUT2D eigenvalue weighted by Gasteiger charge is 2.16. The molecule has 3 amide bonds. The minimum atomic E-state index is -0.989. The molecule has 0 fully saturated rings. The van der Waals surface area contributed by atoms with Crippen LogP contribution in [-0.4, -0.2) is 37.7 Å². The maximum Gasteiger partial charge on any atom is 0.329 e. The molecule has 0 aliphatic rings. The summed E-state index contributed by atoms with van der Waals surface area (Å²) in [6.45, 7) is 1.57. The van der Waals surface area contributed by atoms with Gasteiger partial charge in [0.25, 0.3) is 0 Å². The molecule has 2 aromatic carbocycles. The number of benzene rings is 2. The fourth-order valence-corrected chi connectivity index (χ4v) is 2.87. The largest absolute Gasteiger partial charge is 0.497 e. The number of rotatable bonds is 7. The molecule has 0 heterocycles. The lowest BCUT2D eigenvalue weighted by Crippen LogP contribution is -2.33. The molecule has 0 saturated carbocycles. The van der Waals surface area contributed by atoms with Crippen molar-refractivity contribution in [2.45, 2.75) is 13.3 Å². The fourth-order valence-electron chi connectivity index (χ4n) is 2.33. The van der Waals surface area contributed by atoms with Crippen molar-refractivity contribution in [3.63, 3.8) is 0 Å². The molecular formula is C20H21IN4O5. The van der Waals surface area contributed by atoms with Crippen molar-refractivity contribution in [2.24, 2.45) is 5.10 Å². The van der Waals surface area contributed by atoms with E-state index in [0.29, 0.717) is 22.9 Å². The highest BCUT2D eigenvalue weighted by atomic mass is 127. The molecular weight excluding hydrogens is 503 g/mol. The lowest BCUT2D eigenvalue weighted by molar-refractivity contribution is -0.136. The van der Waals surface area contributed by atoms with Crippen molar-refractivity contribution in [3.05, 3.63) is 46.0 Å². The van der Waals surface area contributed by atoms with Crippen LogP contribution in [0, 0.1) is 3.57 Å². The molecule has 0 aliphatic carbocycles. The molecule has 0 unspecified atom stereocenters. The Morgan fingerprint density at radius 3 is 2.43 bits per heavy atom. The first-order valence-corrected chi connectivity index (χ1v) is 9.82. The summed E-state index contributed by atoms with van der Waals surface area (Å²) >= 11 is 2.15. The molecule has 0 aliphatic heterocycles. The summed E-state index contributed by atoms with van der Waals surface area (Å²) in [7, 11) is 2.92. The quantitative estimate of drug-likeness (QED) is 0.223. The predicted octanol–water partition coefficient (Wildman–Crippen LogP) is 2.77. The maximum atomic E-state index is 12.1. The number of amides is 3. The van der Waals surface area contributed by atoms with Crippen molar-refractivity contribution in [2.75, 3.05) is 24.9 Å². The Morgan fingerprint density at radius 2 is 1.77 bits per heavy atom. The molecule has 158 valence electrons. The Balaban J connectivity index is 1.91. The van der Waals surface area contributed by atoms with E-state index in [9.17, 15) is 14.4 Å². The summed E-state index contributed by atoms with van der Waals surface area (Å²) in [4.78, 5) is 36.2. The summed E-state index contributed by atoms with van der Waals surface area (Å²) in [5, 5.41) is 8.97. The number of nitrogens with one attached hydrogen (secondary N) is 3. The smallest absolute Gasteiger partial charge is 0.329 e. The molecule has 0 radical (unpaired) electrons. The Morgan fingerprint density at radius 1 is 1.00 bits per heavy atom. The molecule has 2 rings (SSSR count). The summed E-state index contributed by atoms with van der Waals surface area (Å²) in [5.74, 6) is -1.37. The second-order valence-electron chi connectivity index (χ2n) is 6.04. The van der Waals surface area contributed by atoms with Crippen LogP contribution in [0.2, 0.25) is 0 Å². The van der Waals surface area contributed by atoms with E-state index in [1.165, 1.54) is 20.3 Å². The van der Waals surface area contributed by atoms with Crippen LogP contribution < -0.4 is 25.5 Å². The van der Waals surface area contributed by atoms with Gasteiger partial charge < -0.3 is 20.1 Å². The van der Waals surface area contributed by atoms with Gasteiger partial charge in [-0.2, -0.15) is 5.10 Å². The number of ether oxygens (including phenoxy) is 2. The number of carbonyl (C=O) groups excluding carboxylic acids is 3. The number of methoxy groups -OCH3 is 2. The average Bonchev–Trinajstić information content (AvgIpc) is 2.71. The SMILES string of the molecule is COc1ccc(OC)c(NC(=O)C(=O)N/N=C(/C)CC(=O)Nc2cccc(I)c2)c1. The van der Waals surface area contributed by atoms with Crippen LogP contribution in [0.3, 0.4) is 0 Å². The number of nitrogens with zero attached hydrogens (tertiary/aromatic N) is 1. The minimum absolute atomic E-state index is 0.0446. The van der Waals surface area contributed by atoms with Crippen LogP contribution in [-0.2, 0) is 14.4 Å². The van der Waals surface area contributed by atoms with Crippen LogP contribution >= 0.6 is 22.6 Å². The van der Waals surface area contributed by atoms with Gasteiger partial charge in [0.05, 0.1) is 26.3 Å². The number of carbonyl (C=O) groups is 3. The molecule has 2 aromatic rings. The minimum Gasteiger partial charge on any atom is -0.497 e. The zero-order valence-electron chi connectivity index (χ0n) is 16.6. The van der Waals surface area contributed by atoms with Crippen molar-refractivity contribution in [3.8, 4) is 11.5 Å². The number of anilines is 2. The summed E-state index contributed by atoms with van der Waals surface area (Å²) in [5.41, 5.74) is 3.40. The van der Waals surface area contributed by atoms with Gasteiger partial charge in [-0.15, -0.1) is 0 Å². The molecule has 9 nitrogen and oxygen atoms in total. The Hall–Kier alpha value is -3.15. The average molecular weight is 524 g/mol. The molecule has 0 aromatic heterocycles. The van der Waals surface area contributed by atoms with E-state index < -0.39 is 11.8 Å². The zero-order chi connectivity index (χ0) is 22.1. The lowest BCUT2D eigenvalue weighted by Gasteiger charge is -2.11. The van der Waals surface area contributed by atoms with Crippen molar-refractivity contribution in [1.29, 1.82) is 0 Å². The molecule has 0 bridgehead atoms. The first-order valence-electron chi connectivity index (χ1n) is 8.74. The topological polar surface area (TPSA) is 118 Å². The lowest BCUT2D eigenvalue weighted by atomic mass is 10.2. The van der Waals surface area contributed by atoms with Gasteiger partial charge in [-0.25, -0.2) is 5.43 Å². The summed E-state index contributed by atoms with van der Waals surface area (Å²) < 4.78 is 11.2. The highest BCUT2D eigenvalue weighted by molar-refractivity contribution is 14.1. The fraction of sp³-hybridized carbons (Fsp3) is 0.200. The Bertz CT molecular complexity index is 977. The van der Waals surface area contributed by atoms with E-state index in [0.717, 1.165) is 3.57 Å². The Kier molecular flexibility index (Phi) is 8.59. The van der Waals surface area contributed by atoms with Gasteiger partial charge in [-0.3, -0.25) is 14.4 Å². The van der Waals surface area contributed by atoms with Gasteiger partial charge in [0.15, 0.2) is 0 Å². The summed E-state index contributed by atoms with van der Waals surface area (Å²) in [6, 6.07) is 12.1. The first-order chi connectivity index (χ1) is 14.3. The van der Waals surface area contributed by atoms with Crippen molar-refractivity contribution >= 4 is 57.4 Å². The van der Waals surface area contributed by atoms with Crippen LogP contribution in [0.15, 0.2) is 47.6 Å². The summed E-state index contributed by atoms with van der Waals surface area (Å²) in [6.07, 6.45) is -0.0446. The molecule has 0 spiro atoms. The van der Waals surface area contributed by atoms with Gasteiger partial charge in [0, 0.05) is 21.0 Å². The normalized spacial score (nSPS) is 10.7. The van der Waals surface area contributed by atoms with Crippen LogP contribution in [0.25, 0.3) is 0 Å². The molecule has 0 atom stereocenters. The van der Waals surface area contributed by atoms with E-state index in [-0.39, 0.29) is 18.0 Å². The highest BCUT2D eigenvalue weighted by Crippen LogP contribution is 2.28. The number of halogens is 1. The third-order valence-electron chi connectivity index (χ3n) is 3.73. The first kappa shape index (κ1) is 23.1. The third kappa shape index (κ3) is 7.03. The third-order valence-corrected chi connectivity index (χ3v) is 4.41. The number of hydrazone groups is 1. The molecule has 30 heavy (non-hydrogen) atoms. The van der Waals surface area contributed by atoms with Crippen molar-refractivity contribution in [1.82, 2.24) is 5.43 Å². The standard InChI is InChI=1S/C20H21IN4O5/c1-12(9-18(26)22-14-6-4-5-13(21)10-14)24-25-20(28)19(27)23-16-11-15(29-2)7-8-17(16)30-3/h4-8,10-11H,9H2,1-3H3,(H,22,26)(H,23,27)(H,25,28)/b24-12-. The van der Waals surface area contributed by atoms with Crippen LogP contribution in [0.1, 0.15) is 13.3 Å². The van der Waals surface area contributed by atoms with Crippen LogP contribution in [0.5, 0.6) is 11.5 Å². The van der Waals surface area contributed by atoms with Gasteiger partial charge in [0.2, 0.25) is 5.91 Å². The maximum absolute atomic E-state index is 12.1. The van der Waals surface area contributed by atoms with Gasteiger partial charge in [-0.1, -0.05) is 6.07 Å². The van der Waals surface area contributed by atoms with E-state index >= 15 is 0 Å². The van der Waals surface area contributed by atoms with Gasteiger partial charge in [-0.05, 0) is 59.8 Å². The number of hydrogen-bond donors (Lipinski definition) is 3. The molecule has 3 N–H and O–H groups in total. The van der Waals surface area contributed by atoms with E-state index in [4.69, 9.17) is 9.47 Å².